The number of carbonyl (C=O) groups is 3. The Kier molecular flexibility index (Phi) is 6.07. The molecule has 0 unspecified atom stereocenters. The molecule has 1 fully saturated rings. The molecular weight excluding hydrogens is 428 g/mol. The molecule has 0 aliphatic carbocycles. The fraction of sp³-hybridized carbons (Fsp3) is 0.179. The van der Waals surface area contributed by atoms with Gasteiger partial charge in [-0.1, -0.05) is 36.4 Å². The molecule has 0 N–H and O–H groups in total. The van der Waals surface area contributed by atoms with E-state index < -0.39 is 5.97 Å². The van der Waals surface area contributed by atoms with E-state index in [4.69, 9.17) is 4.74 Å². The Labute approximate surface area is 198 Å². The summed E-state index contributed by atoms with van der Waals surface area (Å²) < 4.78 is 7.22. The lowest BCUT2D eigenvalue weighted by Gasteiger charge is -2.13. The molecule has 34 heavy (non-hydrogen) atoms. The molecular formula is C28H26N2O4. The SMILES string of the molecule is C=CC(=O)Oc1ccc(N2C(=O)C(=CCc3c(C)n(C)c4ccccc34)C(=C(C)C)C2=O)cc1. The van der Waals surface area contributed by atoms with Crippen molar-refractivity contribution in [3.8, 4) is 5.75 Å². The number of hydrogen-bond donors (Lipinski definition) is 0. The molecule has 1 aliphatic rings. The van der Waals surface area contributed by atoms with Crippen molar-refractivity contribution in [2.75, 3.05) is 4.90 Å². The van der Waals surface area contributed by atoms with Crippen LogP contribution in [0.15, 0.2) is 84.0 Å². The van der Waals surface area contributed by atoms with Crippen molar-refractivity contribution < 1.29 is 19.1 Å². The van der Waals surface area contributed by atoms with Crippen LogP contribution in [0.25, 0.3) is 10.9 Å². The minimum Gasteiger partial charge on any atom is -0.423 e. The van der Waals surface area contributed by atoms with Crippen LogP contribution in [0.3, 0.4) is 0 Å². The molecule has 0 spiro atoms. The highest BCUT2D eigenvalue weighted by atomic mass is 16.5. The molecule has 1 aromatic heterocycles. The molecule has 0 atom stereocenters. The molecule has 172 valence electrons. The number of anilines is 1. The third-order valence-electron chi connectivity index (χ3n) is 6.14. The number of fused-ring (bicyclic) bond motifs is 1. The summed E-state index contributed by atoms with van der Waals surface area (Å²) in [4.78, 5) is 39.3. The van der Waals surface area contributed by atoms with Gasteiger partial charge >= 0.3 is 5.97 Å². The highest BCUT2D eigenvalue weighted by molar-refractivity contribution is 6.37. The van der Waals surface area contributed by atoms with E-state index in [1.807, 2.05) is 39.1 Å². The smallest absolute Gasteiger partial charge is 0.335 e. The minimum absolute atomic E-state index is 0.303. The zero-order valence-electron chi connectivity index (χ0n) is 19.7. The van der Waals surface area contributed by atoms with Crippen LogP contribution in [0, 0.1) is 6.92 Å². The Morgan fingerprint density at radius 2 is 1.71 bits per heavy atom. The summed E-state index contributed by atoms with van der Waals surface area (Å²) in [5, 5.41) is 1.14. The molecule has 6 heteroatoms. The van der Waals surface area contributed by atoms with Gasteiger partial charge in [-0.3, -0.25) is 9.59 Å². The first-order chi connectivity index (χ1) is 16.2. The predicted octanol–water partition coefficient (Wildman–Crippen LogP) is 4.96. The van der Waals surface area contributed by atoms with Crippen molar-refractivity contribution in [2.24, 2.45) is 7.05 Å². The van der Waals surface area contributed by atoms with E-state index in [0.717, 1.165) is 33.8 Å². The van der Waals surface area contributed by atoms with Crippen molar-refractivity contribution in [3.63, 3.8) is 0 Å². The number of rotatable bonds is 5. The number of nitrogens with zero attached hydrogens (tertiary/aromatic N) is 2. The van der Waals surface area contributed by atoms with Gasteiger partial charge in [0.15, 0.2) is 0 Å². The van der Waals surface area contributed by atoms with Gasteiger partial charge in [0.1, 0.15) is 5.75 Å². The molecule has 0 bridgehead atoms. The second kappa shape index (κ2) is 8.98. The lowest BCUT2D eigenvalue weighted by molar-refractivity contribution is -0.129. The van der Waals surface area contributed by atoms with Crippen LogP contribution < -0.4 is 9.64 Å². The summed E-state index contributed by atoms with van der Waals surface area (Å²) in [6.45, 7) is 9.09. The molecule has 3 aromatic rings. The van der Waals surface area contributed by atoms with Gasteiger partial charge in [-0.25, -0.2) is 9.69 Å². The predicted molar refractivity (Wildman–Crippen MR) is 133 cm³/mol. The molecule has 2 amide bonds. The maximum atomic E-state index is 13.4. The van der Waals surface area contributed by atoms with E-state index in [-0.39, 0.29) is 11.8 Å². The molecule has 1 saturated heterocycles. The number of para-hydroxylation sites is 1. The lowest BCUT2D eigenvalue weighted by Crippen LogP contribution is -2.29. The Balaban J connectivity index is 1.70. The van der Waals surface area contributed by atoms with Gasteiger partial charge in [-0.15, -0.1) is 0 Å². The van der Waals surface area contributed by atoms with Gasteiger partial charge in [0.2, 0.25) is 0 Å². The fourth-order valence-electron chi connectivity index (χ4n) is 4.34. The highest BCUT2D eigenvalue weighted by Crippen LogP contribution is 2.34. The summed E-state index contributed by atoms with van der Waals surface area (Å²) in [6.07, 6.45) is 3.46. The first-order valence-electron chi connectivity index (χ1n) is 11.0. The topological polar surface area (TPSA) is 68.6 Å². The number of imide groups is 1. The summed E-state index contributed by atoms with van der Waals surface area (Å²) in [5.41, 5.74) is 5.39. The van der Waals surface area contributed by atoms with Crippen LogP contribution in [0.2, 0.25) is 0 Å². The Hall–Kier alpha value is -4.19. The zero-order chi connectivity index (χ0) is 24.6. The van der Waals surface area contributed by atoms with Gasteiger partial charge in [-0.2, -0.15) is 0 Å². The molecule has 0 saturated carbocycles. The number of benzene rings is 2. The maximum Gasteiger partial charge on any atom is 0.335 e. The Morgan fingerprint density at radius 1 is 1.03 bits per heavy atom. The number of aromatic nitrogens is 1. The third kappa shape index (κ3) is 3.88. The third-order valence-corrected chi connectivity index (χ3v) is 6.14. The van der Waals surface area contributed by atoms with E-state index in [0.29, 0.717) is 29.0 Å². The van der Waals surface area contributed by atoms with E-state index in [2.05, 4.69) is 30.2 Å². The van der Waals surface area contributed by atoms with Crippen molar-refractivity contribution in [1.29, 1.82) is 0 Å². The number of carbonyl (C=O) groups excluding carboxylic acids is 3. The van der Waals surface area contributed by atoms with E-state index in [1.54, 1.807) is 24.3 Å². The quantitative estimate of drug-likeness (QED) is 0.237. The van der Waals surface area contributed by atoms with Crippen molar-refractivity contribution in [3.05, 3.63) is 95.2 Å². The van der Waals surface area contributed by atoms with Crippen LogP contribution in [0.1, 0.15) is 25.1 Å². The second-order valence-electron chi connectivity index (χ2n) is 8.40. The molecule has 1 aliphatic heterocycles. The van der Waals surface area contributed by atoms with Gasteiger partial charge in [0, 0.05) is 35.3 Å². The lowest BCUT2D eigenvalue weighted by atomic mass is 10.00. The van der Waals surface area contributed by atoms with Crippen LogP contribution >= 0.6 is 0 Å². The summed E-state index contributed by atoms with van der Waals surface area (Å²) in [6, 6.07) is 14.4. The van der Waals surface area contributed by atoms with E-state index in [1.165, 1.54) is 4.90 Å². The van der Waals surface area contributed by atoms with Gasteiger partial charge in [0.25, 0.3) is 11.8 Å². The standard InChI is InChI=1S/C28H26N2O4/c1-6-25(31)34-20-13-11-19(12-14-20)30-27(32)23(26(17(2)3)28(30)33)16-15-21-18(4)29(5)24-10-8-7-9-22(21)24/h6-14,16H,1,15H2,2-5H3. The Bertz CT molecular complexity index is 1400. The minimum atomic E-state index is -0.582. The van der Waals surface area contributed by atoms with Gasteiger partial charge in [-0.05, 0) is 63.1 Å². The monoisotopic (exact) mass is 454 g/mol. The van der Waals surface area contributed by atoms with Crippen molar-refractivity contribution in [1.82, 2.24) is 4.57 Å². The highest BCUT2D eigenvalue weighted by Gasteiger charge is 2.40. The first-order valence-corrected chi connectivity index (χ1v) is 11.0. The molecule has 4 rings (SSSR count). The average molecular weight is 455 g/mol. The largest absolute Gasteiger partial charge is 0.423 e. The van der Waals surface area contributed by atoms with Crippen molar-refractivity contribution >= 4 is 34.4 Å². The van der Waals surface area contributed by atoms with E-state index >= 15 is 0 Å². The number of hydrogen-bond acceptors (Lipinski definition) is 4. The maximum absolute atomic E-state index is 13.4. The molecule has 6 nitrogen and oxygen atoms in total. The van der Waals surface area contributed by atoms with Crippen molar-refractivity contribution in [2.45, 2.75) is 27.2 Å². The summed E-state index contributed by atoms with van der Waals surface area (Å²) in [7, 11) is 2.03. The van der Waals surface area contributed by atoms with E-state index in [9.17, 15) is 14.4 Å². The number of ether oxygens (including phenoxy) is 1. The normalized spacial score (nSPS) is 14.9. The zero-order valence-corrected chi connectivity index (χ0v) is 19.7. The van der Waals surface area contributed by atoms with Gasteiger partial charge < -0.3 is 9.30 Å². The number of amides is 2. The molecule has 0 radical (unpaired) electrons. The average Bonchev–Trinajstić information content (AvgIpc) is 3.22. The number of esters is 1. The number of aryl methyl sites for hydroxylation is 1. The van der Waals surface area contributed by atoms with Crippen LogP contribution in [0.4, 0.5) is 5.69 Å². The number of allylic oxidation sites excluding steroid dienone is 2. The van der Waals surface area contributed by atoms with Gasteiger partial charge in [0.05, 0.1) is 11.3 Å². The second-order valence-corrected chi connectivity index (χ2v) is 8.40. The summed E-state index contributed by atoms with van der Waals surface area (Å²) in [5.74, 6) is -1.00. The molecule has 2 heterocycles. The van der Waals surface area contributed by atoms with Crippen LogP contribution in [0.5, 0.6) is 5.75 Å². The Morgan fingerprint density at radius 3 is 2.35 bits per heavy atom. The van der Waals surface area contributed by atoms with Crippen LogP contribution in [-0.2, 0) is 27.9 Å². The molecule has 2 aromatic carbocycles. The fourth-order valence-corrected chi connectivity index (χ4v) is 4.34. The first kappa shape index (κ1) is 23.0. The summed E-state index contributed by atoms with van der Waals surface area (Å²) >= 11 is 0. The van der Waals surface area contributed by atoms with Crippen LogP contribution in [-0.4, -0.2) is 22.4 Å².